The predicted molar refractivity (Wildman–Crippen MR) is 123 cm³/mol. The number of fused-ring (bicyclic) bond motifs is 1. The van der Waals surface area contributed by atoms with Crippen molar-refractivity contribution in [3.8, 4) is 0 Å². The monoisotopic (exact) mass is 439 g/mol. The smallest absolute Gasteiger partial charge is 0.264 e. The number of piperidine rings is 1. The minimum atomic E-state index is -3.72. The van der Waals surface area contributed by atoms with Crippen LogP contribution in [0.3, 0.4) is 0 Å². The van der Waals surface area contributed by atoms with Crippen LogP contribution in [0.1, 0.15) is 35.7 Å². The van der Waals surface area contributed by atoms with Crippen molar-refractivity contribution < 1.29 is 13.2 Å². The lowest BCUT2D eigenvalue weighted by molar-refractivity contribution is 0.0913. The number of hydrogen-bond acceptors (Lipinski definition) is 4. The maximum absolute atomic E-state index is 13.3. The number of hydrogen-bond donors (Lipinski definition) is 1. The molecule has 1 N–H and O–H groups in total. The average Bonchev–Trinajstić information content (AvgIpc) is 3.20. The van der Waals surface area contributed by atoms with Crippen LogP contribution in [0, 0.1) is 0 Å². The number of nitrogens with zero attached hydrogens (tertiary/aromatic N) is 2. The lowest BCUT2D eigenvalue weighted by Gasteiger charge is -2.32. The van der Waals surface area contributed by atoms with Crippen molar-refractivity contribution in [1.29, 1.82) is 0 Å². The highest BCUT2D eigenvalue weighted by atomic mass is 32.2. The van der Waals surface area contributed by atoms with Crippen molar-refractivity contribution in [3.63, 3.8) is 0 Å². The average molecular weight is 440 g/mol. The summed E-state index contributed by atoms with van der Waals surface area (Å²) in [7, 11) is -3.72. The van der Waals surface area contributed by atoms with Gasteiger partial charge in [-0.2, -0.15) is 0 Å². The molecule has 4 rings (SSSR count). The van der Waals surface area contributed by atoms with Crippen molar-refractivity contribution in [1.82, 2.24) is 10.2 Å². The number of nitrogens with one attached hydrogen (secondary N) is 1. The van der Waals surface area contributed by atoms with Crippen molar-refractivity contribution in [2.24, 2.45) is 0 Å². The summed E-state index contributed by atoms with van der Waals surface area (Å²) in [6.07, 6.45) is 2.45. The Morgan fingerprint density at radius 2 is 1.84 bits per heavy atom. The zero-order chi connectivity index (χ0) is 22.0. The molecular formula is C24H29N3O3S. The number of benzene rings is 2. The Labute approximate surface area is 184 Å². The zero-order valence-electron chi connectivity index (χ0n) is 17.9. The molecule has 0 spiro atoms. The van der Waals surface area contributed by atoms with E-state index in [-0.39, 0.29) is 16.8 Å². The highest BCUT2D eigenvalue weighted by Crippen LogP contribution is 2.32. The van der Waals surface area contributed by atoms with Crippen LogP contribution in [-0.4, -0.2) is 51.4 Å². The number of sulfonamides is 1. The summed E-state index contributed by atoms with van der Waals surface area (Å²) in [5.41, 5.74) is 3.26. The van der Waals surface area contributed by atoms with Crippen LogP contribution in [0.15, 0.2) is 65.6 Å². The van der Waals surface area contributed by atoms with E-state index in [4.69, 9.17) is 0 Å². The zero-order valence-corrected chi connectivity index (χ0v) is 18.7. The number of rotatable bonds is 6. The van der Waals surface area contributed by atoms with Crippen molar-refractivity contribution in [2.45, 2.75) is 37.1 Å². The first-order chi connectivity index (χ1) is 14.8. The second-order valence-corrected chi connectivity index (χ2v) is 10.3. The minimum absolute atomic E-state index is 0.0968. The molecule has 0 aromatic heterocycles. The number of anilines is 1. The third kappa shape index (κ3) is 4.67. The van der Waals surface area contributed by atoms with Gasteiger partial charge in [0.05, 0.1) is 10.6 Å². The summed E-state index contributed by atoms with van der Waals surface area (Å²) in [4.78, 5) is 15.3. The van der Waals surface area contributed by atoms with Gasteiger partial charge in [0, 0.05) is 37.8 Å². The van der Waals surface area contributed by atoms with Crippen molar-refractivity contribution in [2.75, 3.05) is 30.5 Å². The molecule has 0 radical (unpaired) electrons. The van der Waals surface area contributed by atoms with E-state index in [1.165, 1.54) is 10.4 Å². The van der Waals surface area contributed by atoms with Gasteiger partial charge in [0.1, 0.15) is 0 Å². The first-order valence-electron chi connectivity index (χ1n) is 10.7. The van der Waals surface area contributed by atoms with Gasteiger partial charge in [0.15, 0.2) is 0 Å². The molecule has 0 bridgehead atoms. The molecule has 164 valence electrons. The number of carbonyl (C=O) groups is 1. The van der Waals surface area contributed by atoms with Crippen molar-refractivity contribution in [3.05, 3.63) is 71.8 Å². The maximum Gasteiger partial charge on any atom is 0.264 e. The molecule has 1 saturated heterocycles. The van der Waals surface area contributed by atoms with Gasteiger partial charge in [-0.05, 0) is 56.0 Å². The van der Waals surface area contributed by atoms with E-state index < -0.39 is 10.0 Å². The summed E-state index contributed by atoms with van der Waals surface area (Å²) in [6.45, 7) is 9.13. The number of amides is 1. The predicted octanol–water partition coefficient (Wildman–Crippen LogP) is 3.21. The molecular weight excluding hydrogens is 410 g/mol. The molecule has 0 unspecified atom stereocenters. The van der Waals surface area contributed by atoms with Gasteiger partial charge >= 0.3 is 0 Å². The van der Waals surface area contributed by atoms with Crippen LogP contribution in [0.4, 0.5) is 5.69 Å². The molecule has 2 aliphatic rings. The van der Waals surface area contributed by atoms with Crippen molar-refractivity contribution >= 4 is 21.6 Å². The molecule has 2 aromatic carbocycles. The fraction of sp³-hybridized carbons (Fsp3) is 0.375. The van der Waals surface area contributed by atoms with Crippen LogP contribution in [0.2, 0.25) is 0 Å². The molecule has 2 heterocycles. The summed E-state index contributed by atoms with van der Waals surface area (Å²) in [6, 6.07) is 14.0. The van der Waals surface area contributed by atoms with Crippen LogP contribution < -0.4 is 9.62 Å². The number of para-hydroxylation sites is 1. The molecule has 31 heavy (non-hydrogen) atoms. The summed E-state index contributed by atoms with van der Waals surface area (Å²) < 4.78 is 28.0. The number of likely N-dealkylation sites (tertiary alicyclic amines) is 1. The van der Waals surface area contributed by atoms with Gasteiger partial charge < -0.3 is 5.32 Å². The SMILES string of the molecule is C=C(C)CN1CCC(NC(=O)c2cccc(S(=O)(=O)N3CCc4ccccc43)c2)CC1. The third-order valence-corrected chi connectivity index (χ3v) is 7.75. The van der Waals surface area contributed by atoms with Crippen LogP contribution in [0.25, 0.3) is 0 Å². The van der Waals surface area contributed by atoms with E-state index >= 15 is 0 Å². The van der Waals surface area contributed by atoms with E-state index in [0.717, 1.165) is 49.3 Å². The van der Waals surface area contributed by atoms with Gasteiger partial charge in [-0.15, -0.1) is 0 Å². The van der Waals surface area contributed by atoms with E-state index in [1.54, 1.807) is 18.2 Å². The molecule has 7 heteroatoms. The Hall–Kier alpha value is -2.64. The fourth-order valence-electron chi connectivity index (χ4n) is 4.37. The summed E-state index contributed by atoms with van der Waals surface area (Å²) in [5.74, 6) is -0.225. The van der Waals surface area contributed by atoms with E-state index in [2.05, 4.69) is 16.8 Å². The van der Waals surface area contributed by atoms with E-state index in [1.807, 2.05) is 31.2 Å². The highest BCUT2D eigenvalue weighted by molar-refractivity contribution is 7.92. The van der Waals surface area contributed by atoms with Gasteiger partial charge in [-0.3, -0.25) is 14.0 Å². The summed E-state index contributed by atoms with van der Waals surface area (Å²) >= 11 is 0. The molecule has 0 atom stereocenters. The molecule has 1 amide bonds. The van der Waals surface area contributed by atoms with E-state index in [9.17, 15) is 13.2 Å². The Morgan fingerprint density at radius 1 is 1.10 bits per heavy atom. The molecule has 0 aliphatic carbocycles. The quantitative estimate of drug-likeness (QED) is 0.702. The van der Waals surface area contributed by atoms with Gasteiger partial charge in [-0.1, -0.05) is 36.4 Å². The summed E-state index contributed by atoms with van der Waals surface area (Å²) in [5, 5.41) is 3.08. The molecule has 0 saturated carbocycles. The Kier molecular flexibility index (Phi) is 6.16. The lowest BCUT2D eigenvalue weighted by atomic mass is 10.0. The van der Waals surface area contributed by atoms with Gasteiger partial charge in [-0.25, -0.2) is 8.42 Å². The fourth-order valence-corrected chi connectivity index (χ4v) is 5.92. The molecule has 2 aliphatic heterocycles. The maximum atomic E-state index is 13.3. The molecule has 2 aromatic rings. The standard InChI is InChI=1S/C24H29N3O3S/c1-18(2)17-26-13-11-21(12-14-26)25-24(28)20-7-5-8-22(16-20)31(29,30)27-15-10-19-6-3-4-9-23(19)27/h3-9,16,21H,1,10-15,17H2,2H3,(H,25,28). The Morgan fingerprint density at radius 3 is 2.58 bits per heavy atom. The molecule has 6 nitrogen and oxygen atoms in total. The first-order valence-corrected chi connectivity index (χ1v) is 12.2. The Balaban J connectivity index is 1.45. The van der Waals surface area contributed by atoms with Gasteiger partial charge in [0.2, 0.25) is 0 Å². The van der Waals surface area contributed by atoms with Crippen LogP contribution in [-0.2, 0) is 16.4 Å². The first kappa shape index (κ1) is 21.6. The highest BCUT2D eigenvalue weighted by Gasteiger charge is 2.31. The second-order valence-electron chi connectivity index (χ2n) is 8.46. The van der Waals surface area contributed by atoms with Gasteiger partial charge in [0.25, 0.3) is 15.9 Å². The molecule has 1 fully saturated rings. The minimum Gasteiger partial charge on any atom is -0.349 e. The van der Waals surface area contributed by atoms with Crippen LogP contribution >= 0.6 is 0 Å². The topological polar surface area (TPSA) is 69.7 Å². The Bertz CT molecular complexity index is 1090. The number of carbonyl (C=O) groups excluding carboxylic acids is 1. The largest absolute Gasteiger partial charge is 0.349 e. The van der Waals surface area contributed by atoms with E-state index in [0.29, 0.717) is 18.5 Å². The second kappa shape index (κ2) is 8.85. The third-order valence-electron chi connectivity index (χ3n) is 5.95. The normalized spacial score (nSPS) is 17.4. The van der Waals surface area contributed by atoms with Crippen LogP contribution in [0.5, 0.6) is 0 Å². The lowest BCUT2D eigenvalue weighted by Crippen LogP contribution is -2.45.